The first-order chi connectivity index (χ1) is 19.8. The summed E-state index contributed by atoms with van der Waals surface area (Å²) < 4.78 is 41.8. The van der Waals surface area contributed by atoms with Gasteiger partial charge >= 0.3 is 5.97 Å². The molecule has 0 bridgehead atoms. The minimum Gasteiger partial charge on any atom is -0.464 e. The quantitative estimate of drug-likeness (QED) is 0.209. The van der Waals surface area contributed by atoms with E-state index in [-0.39, 0.29) is 19.7 Å². The van der Waals surface area contributed by atoms with Crippen LogP contribution in [0.3, 0.4) is 0 Å². The zero-order valence-electron chi connectivity index (χ0n) is 25.4. The molecule has 0 N–H and O–H groups in total. The number of ether oxygens (including phenoxy) is 2. The molecule has 220 valence electrons. The van der Waals surface area contributed by atoms with Gasteiger partial charge < -0.3 is 9.47 Å². The summed E-state index contributed by atoms with van der Waals surface area (Å²) in [6, 6.07) is 21.1. The zero-order chi connectivity index (χ0) is 30.4. The van der Waals surface area contributed by atoms with Crippen LogP contribution in [0.25, 0.3) is 21.9 Å². The molecule has 0 saturated carbocycles. The Morgan fingerprint density at radius 2 is 1.50 bits per heavy atom. The number of rotatable bonds is 7. The van der Waals surface area contributed by atoms with E-state index >= 15 is 0 Å². The summed E-state index contributed by atoms with van der Waals surface area (Å²) in [5.41, 5.74) is 6.72. The predicted molar refractivity (Wildman–Crippen MR) is 167 cm³/mol. The van der Waals surface area contributed by atoms with E-state index in [1.54, 1.807) is 23.4 Å². The SMILES string of the molecule is CCOC(=O)C(OC(C)(C)C)c1c(C)c2c(c(C)c1-c1ccc(C)cc1)CN(S(=O)(=O)c1cccc3ccccc13)C2. The smallest absolute Gasteiger partial charge is 0.339 e. The van der Waals surface area contributed by atoms with Gasteiger partial charge in [-0.15, -0.1) is 0 Å². The van der Waals surface area contributed by atoms with E-state index in [0.717, 1.165) is 49.9 Å². The van der Waals surface area contributed by atoms with Gasteiger partial charge in [0.2, 0.25) is 10.0 Å². The van der Waals surface area contributed by atoms with Crippen LogP contribution in [0.15, 0.2) is 71.6 Å². The Bertz CT molecular complexity index is 1760. The Kier molecular flexibility index (Phi) is 8.05. The highest BCUT2D eigenvalue weighted by molar-refractivity contribution is 7.89. The average molecular weight is 586 g/mol. The number of carbonyl (C=O) groups excluding carboxylic acids is 1. The largest absolute Gasteiger partial charge is 0.464 e. The monoisotopic (exact) mass is 585 g/mol. The summed E-state index contributed by atoms with van der Waals surface area (Å²) in [6.07, 6.45) is -0.978. The van der Waals surface area contributed by atoms with Crippen molar-refractivity contribution in [1.29, 1.82) is 0 Å². The summed E-state index contributed by atoms with van der Waals surface area (Å²) in [4.78, 5) is 13.8. The van der Waals surface area contributed by atoms with Gasteiger partial charge in [-0.3, -0.25) is 0 Å². The minimum atomic E-state index is -3.83. The summed E-state index contributed by atoms with van der Waals surface area (Å²) in [5, 5.41) is 1.58. The lowest BCUT2D eigenvalue weighted by Crippen LogP contribution is -2.30. The number of aryl methyl sites for hydroxylation is 1. The third-order valence-corrected chi connectivity index (χ3v) is 9.78. The Hall–Kier alpha value is -3.52. The molecule has 1 aliphatic heterocycles. The van der Waals surface area contributed by atoms with Crippen molar-refractivity contribution in [3.63, 3.8) is 0 Å². The summed E-state index contributed by atoms with van der Waals surface area (Å²) in [5.74, 6) is -0.457. The molecule has 1 atom stereocenters. The lowest BCUT2D eigenvalue weighted by molar-refractivity contribution is -0.166. The van der Waals surface area contributed by atoms with Crippen LogP contribution < -0.4 is 0 Å². The number of esters is 1. The average Bonchev–Trinajstić information content (AvgIpc) is 3.41. The second-order valence-electron chi connectivity index (χ2n) is 12.0. The van der Waals surface area contributed by atoms with Crippen LogP contribution in [0.4, 0.5) is 0 Å². The van der Waals surface area contributed by atoms with E-state index in [4.69, 9.17) is 9.47 Å². The fraction of sp³-hybridized carbons (Fsp3) is 0.343. The van der Waals surface area contributed by atoms with E-state index in [1.807, 2.05) is 96.1 Å². The number of benzene rings is 4. The molecule has 0 fully saturated rings. The van der Waals surface area contributed by atoms with Crippen LogP contribution >= 0.6 is 0 Å². The number of sulfonamides is 1. The highest BCUT2D eigenvalue weighted by Crippen LogP contribution is 2.45. The van der Waals surface area contributed by atoms with Crippen LogP contribution in [-0.2, 0) is 37.4 Å². The molecule has 1 heterocycles. The maximum Gasteiger partial charge on any atom is 0.339 e. The molecule has 1 aliphatic rings. The molecule has 0 spiro atoms. The molecular weight excluding hydrogens is 546 g/mol. The van der Waals surface area contributed by atoms with Crippen molar-refractivity contribution in [2.24, 2.45) is 0 Å². The van der Waals surface area contributed by atoms with Gasteiger partial charge in [0.1, 0.15) is 0 Å². The molecule has 0 saturated heterocycles. The molecule has 0 radical (unpaired) electrons. The van der Waals surface area contributed by atoms with Crippen LogP contribution in [0.2, 0.25) is 0 Å². The van der Waals surface area contributed by atoms with Crippen molar-refractivity contribution in [1.82, 2.24) is 4.31 Å². The molecule has 42 heavy (non-hydrogen) atoms. The van der Waals surface area contributed by atoms with Crippen LogP contribution in [0, 0.1) is 20.8 Å². The maximum absolute atomic E-state index is 14.2. The third-order valence-electron chi connectivity index (χ3n) is 7.93. The summed E-state index contributed by atoms with van der Waals surface area (Å²) in [6.45, 7) is 14.2. The number of hydrogen-bond acceptors (Lipinski definition) is 5. The predicted octanol–water partition coefficient (Wildman–Crippen LogP) is 7.56. The summed E-state index contributed by atoms with van der Waals surface area (Å²) >= 11 is 0. The van der Waals surface area contributed by atoms with Crippen LogP contribution in [0.5, 0.6) is 0 Å². The van der Waals surface area contributed by atoms with E-state index in [9.17, 15) is 13.2 Å². The first-order valence-electron chi connectivity index (χ1n) is 14.4. The molecule has 4 aromatic rings. The second-order valence-corrected chi connectivity index (χ2v) is 13.9. The van der Waals surface area contributed by atoms with Gasteiger partial charge in [-0.1, -0.05) is 66.2 Å². The van der Waals surface area contributed by atoms with E-state index in [1.165, 1.54) is 0 Å². The Morgan fingerprint density at radius 1 is 0.881 bits per heavy atom. The molecule has 7 heteroatoms. The molecule has 6 nitrogen and oxygen atoms in total. The first-order valence-corrected chi connectivity index (χ1v) is 15.8. The Balaban J connectivity index is 1.71. The number of nitrogens with zero attached hydrogens (tertiary/aromatic N) is 1. The van der Waals surface area contributed by atoms with Crippen molar-refractivity contribution < 1.29 is 22.7 Å². The first kappa shape index (κ1) is 30.0. The standard InChI is InChI=1S/C35H39NO5S/c1-8-40-34(37)33(41-35(5,6)7)32-24(4)29-21-36(20-28(29)23(3)31(32)26-18-16-22(2)17-19-26)42(38,39)30-15-11-13-25-12-9-10-14-27(25)30/h9-19,33H,8,20-21H2,1-7H3. The lowest BCUT2D eigenvalue weighted by Gasteiger charge is -2.30. The molecule has 5 rings (SSSR count). The van der Waals surface area contributed by atoms with Crippen LogP contribution in [-0.4, -0.2) is 30.9 Å². The van der Waals surface area contributed by atoms with Crippen molar-refractivity contribution >= 4 is 26.8 Å². The van der Waals surface area contributed by atoms with Crippen molar-refractivity contribution in [2.45, 2.75) is 78.2 Å². The third kappa shape index (κ3) is 5.49. The molecular formula is C35H39NO5S. The van der Waals surface area contributed by atoms with Gasteiger partial charge in [0, 0.05) is 24.0 Å². The van der Waals surface area contributed by atoms with Gasteiger partial charge in [-0.25, -0.2) is 13.2 Å². The normalized spacial score (nSPS) is 14.6. The van der Waals surface area contributed by atoms with E-state index in [2.05, 4.69) is 0 Å². The van der Waals surface area contributed by atoms with Gasteiger partial charge in [-0.05, 0) is 93.3 Å². The van der Waals surface area contributed by atoms with Crippen LogP contribution in [0.1, 0.15) is 67.2 Å². The zero-order valence-corrected chi connectivity index (χ0v) is 26.3. The second kappa shape index (κ2) is 11.3. The molecule has 0 aromatic heterocycles. The molecule has 0 aliphatic carbocycles. The van der Waals surface area contributed by atoms with Gasteiger partial charge in [0.05, 0.1) is 17.1 Å². The number of fused-ring (bicyclic) bond motifs is 2. The van der Waals surface area contributed by atoms with Gasteiger partial charge in [-0.2, -0.15) is 4.31 Å². The fourth-order valence-corrected chi connectivity index (χ4v) is 7.53. The van der Waals surface area contributed by atoms with Gasteiger partial charge in [0.25, 0.3) is 0 Å². The van der Waals surface area contributed by atoms with Crippen molar-refractivity contribution in [2.75, 3.05) is 6.61 Å². The number of hydrogen-bond donors (Lipinski definition) is 0. The maximum atomic E-state index is 14.2. The Labute approximate surface area is 249 Å². The highest BCUT2D eigenvalue weighted by atomic mass is 32.2. The van der Waals surface area contributed by atoms with E-state index < -0.39 is 27.7 Å². The summed E-state index contributed by atoms with van der Waals surface area (Å²) in [7, 11) is -3.83. The highest BCUT2D eigenvalue weighted by Gasteiger charge is 2.39. The Morgan fingerprint density at radius 3 is 2.14 bits per heavy atom. The topological polar surface area (TPSA) is 72.9 Å². The molecule has 0 amide bonds. The number of carbonyl (C=O) groups is 1. The fourth-order valence-electron chi connectivity index (χ4n) is 5.94. The lowest BCUT2D eigenvalue weighted by atomic mass is 9.83. The van der Waals surface area contributed by atoms with E-state index in [0.29, 0.717) is 10.3 Å². The van der Waals surface area contributed by atoms with Gasteiger partial charge in [0.15, 0.2) is 6.10 Å². The minimum absolute atomic E-state index is 0.208. The van der Waals surface area contributed by atoms with Crippen molar-refractivity contribution in [3.05, 3.63) is 100 Å². The van der Waals surface area contributed by atoms with Crippen molar-refractivity contribution in [3.8, 4) is 11.1 Å². The molecule has 1 unspecified atom stereocenters. The molecule has 4 aromatic carbocycles.